The van der Waals surface area contributed by atoms with Crippen molar-refractivity contribution in [3.8, 4) is 11.3 Å². The number of hydrazone groups is 1. The first-order chi connectivity index (χ1) is 13.6. The Hall–Kier alpha value is -4.20. The molecule has 3 N–H and O–H groups in total. The summed E-state index contributed by atoms with van der Waals surface area (Å²) >= 11 is 0. The molecule has 2 aromatic carbocycles. The second-order valence-electron chi connectivity index (χ2n) is 5.96. The number of aromatic nitrogens is 2. The first kappa shape index (κ1) is 17.2. The summed E-state index contributed by atoms with van der Waals surface area (Å²) in [5, 5.41) is 20.5. The number of nitrogens with one attached hydrogen (secondary N) is 2. The molecule has 8 nitrogen and oxygen atoms in total. The van der Waals surface area contributed by atoms with Gasteiger partial charge in [0.05, 0.1) is 23.5 Å². The molecular formula is C20H14N4O4. The third kappa shape index (κ3) is 3.51. The second kappa shape index (κ2) is 7.20. The van der Waals surface area contributed by atoms with E-state index >= 15 is 0 Å². The maximum Gasteiger partial charge on any atom is 0.335 e. The molecule has 2 aromatic heterocycles. The fourth-order valence-corrected chi connectivity index (χ4v) is 2.69. The lowest BCUT2D eigenvalue weighted by Gasteiger charge is -2.00. The molecule has 0 fully saturated rings. The molecule has 28 heavy (non-hydrogen) atoms. The molecule has 8 heteroatoms. The molecule has 0 aliphatic rings. The van der Waals surface area contributed by atoms with E-state index in [1.165, 1.54) is 18.3 Å². The number of amides is 1. The number of carboxylic acid groups (broad SMARTS) is 1. The van der Waals surface area contributed by atoms with E-state index in [-0.39, 0.29) is 11.5 Å². The lowest BCUT2D eigenvalue weighted by atomic mass is 10.1. The molecule has 0 unspecified atom stereocenters. The van der Waals surface area contributed by atoms with Gasteiger partial charge >= 0.3 is 5.97 Å². The van der Waals surface area contributed by atoms with Gasteiger partial charge in [0.2, 0.25) is 0 Å². The number of nitrogens with zero attached hydrogens (tertiary/aromatic N) is 2. The number of aromatic amines is 1. The first-order valence-electron chi connectivity index (χ1n) is 8.30. The van der Waals surface area contributed by atoms with Crippen LogP contribution in [0, 0.1) is 0 Å². The van der Waals surface area contributed by atoms with Crippen LogP contribution in [0.15, 0.2) is 70.3 Å². The number of carbonyl (C=O) groups is 2. The molecular weight excluding hydrogens is 360 g/mol. The van der Waals surface area contributed by atoms with Gasteiger partial charge in [0, 0.05) is 16.5 Å². The topological polar surface area (TPSA) is 121 Å². The SMILES string of the molecule is O=C(O)c1cccc(-c2ccc(/C=N/NC(=O)c3ccc4[nH]ncc4c3)o2)c1. The lowest BCUT2D eigenvalue weighted by Crippen LogP contribution is -2.17. The summed E-state index contributed by atoms with van der Waals surface area (Å²) in [7, 11) is 0. The number of benzene rings is 2. The number of fused-ring (bicyclic) bond motifs is 1. The van der Waals surface area contributed by atoms with Crippen LogP contribution in [-0.4, -0.2) is 33.4 Å². The number of carboxylic acids is 1. The molecule has 0 atom stereocenters. The summed E-state index contributed by atoms with van der Waals surface area (Å²) in [6.07, 6.45) is 3.01. The molecule has 0 radical (unpaired) electrons. The molecule has 0 aliphatic carbocycles. The Bertz CT molecular complexity index is 1210. The van der Waals surface area contributed by atoms with E-state index in [9.17, 15) is 9.59 Å². The Kier molecular flexibility index (Phi) is 4.43. The van der Waals surface area contributed by atoms with E-state index in [0.29, 0.717) is 22.6 Å². The number of hydrogen-bond acceptors (Lipinski definition) is 5. The van der Waals surface area contributed by atoms with Crippen LogP contribution in [-0.2, 0) is 0 Å². The molecule has 4 rings (SSSR count). The Morgan fingerprint density at radius 3 is 2.86 bits per heavy atom. The van der Waals surface area contributed by atoms with Crippen LogP contribution < -0.4 is 5.43 Å². The van der Waals surface area contributed by atoms with Crippen molar-refractivity contribution in [1.29, 1.82) is 0 Å². The number of hydrogen-bond donors (Lipinski definition) is 3. The van der Waals surface area contributed by atoms with Crippen molar-refractivity contribution in [3.63, 3.8) is 0 Å². The van der Waals surface area contributed by atoms with Gasteiger partial charge in [0.1, 0.15) is 11.5 Å². The zero-order chi connectivity index (χ0) is 19.5. The molecule has 0 bridgehead atoms. The summed E-state index contributed by atoms with van der Waals surface area (Å²) in [4.78, 5) is 23.3. The monoisotopic (exact) mass is 374 g/mol. The van der Waals surface area contributed by atoms with E-state index in [1.807, 2.05) is 0 Å². The van der Waals surface area contributed by atoms with E-state index in [1.54, 1.807) is 48.7 Å². The van der Waals surface area contributed by atoms with Crippen molar-refractivity contribution in [3.05, 3.63) is 77.7 Å². The van der Waals surface area contributed by atoms with Crippen molar-refractivity contribution >= 4 is 29.0 Å². The van der Waals surface area contributed by atoms with Gasteiger partial charge in [-0.25, -0.2) is 10.2 Å². The number of furan rings is 1. The van der Waals surface area contributed by atoms with Crippen LogP contribution in [0.2, 0.25) is 0 Å². The zero-order valence-electron chi connectivity index (χ0n) is 14.4. The predicted octanol–water partition coefficient (Wildman–Crippen LogP) is 3.29. The molecule has 0 spiro atoms. The van der Waals surface area contributed by atoms with Gasteiger partial charge in [-0.3, -0.25) is 9.89 Å². The number of carbonyl (C=O) groups excluding carboxylic acids is 1. The molecule has 1 amide bonds. The largest absolute Gasteiger partial charge is 0.478 e. The third-order valence-corrected chi connectivity index (χ3v) is 4.08. The molecule has 2 heterocycles. The summed E-state index contributed by atoms with van der Waals surface area (Å²) in [5.74, 6) is -0.450. The van der Waals surface area contributed by atoms with Crippen molar-refractivity contribution in [2.45, 2.75) is 0 Å². The lowest BCUT2D eigenvalue weighted by molar-refractivity contribution is 0.0696. The van der Waals surface area contributed by atoms with Gasteiger partial charge in [-0.2, -0.15) is 10.2 Å². The first-order valence-corrected chi connectivity index (χ1v) is 8.30. The molecule has 0 saturated heterocycles. The maximum absolute atomic E-state index is 12.2. The number of H-pyrrole nitrogens is 1. The van der Waals surface area contributed by atoms with Crippen LogP contribution in [0.25, 0.3) is 22.2 Å². The molecule has 0 aliphatic heterocycles. The minimum atomic E-state index is -1.01. The van der Waals surface area contributed by atoms with E-state index in [0.717, 1.165) is 10.9 Å². The van der Waals surface area contributed by atoms with Crippen LogP contribution in [0.1, 0.15) is 26.5 Å². The molecule has 0 saturated carbocycles. The fraction of sp³-hybridized carbons (Fsp3) is 0. The van der Waals surface area contributed by atoms with Gasteiger partial charge in [-0.1, -0.05) is 12.1 Å². The van der Waals surface area contributed by atoms with Crippen molar-refractivity contribution < 1.29 is 19.1 Å². The van der Waals surface area contributed by atoms with Gasteiger partial charge in [-0.05, 0) is 42.5 Å². The summed E-state index contributed by atoms with van der Waals surface area (Å²) < 4.78 is 5.63. The third-order valence-electron chi connectivity index (χ3n) is 4.08. The Morgan fingerprint density at radius 1 is 1.11 bits per heavy atom. The summed E-state index contributed by atoms with van der Waals surface area (Å²) in [6.45, 7) is 0. The Balaban J connectivity index is 1.44. The molecule has 4 aromatic rings. The Labute approximate surface area is 158 Å². The number of rotatable bonds is 5. The molecule has 138 valence electrons. The smallest absolute Gasteiger partial charge is 0.335 e. The van der Waals surface area contributed by atoms with Crippen LogP contribution >= 0.6 is 0 Å². The highest BCUT2D eigenvalue weighted by molar-refractivity contribution is 5.98. The average Bonchev–Trinajstić information content (AvgIpc) is 3.36. The van der Waals surface area contributed by atoms with Crippen molar-refractivity contribution in [2.24, 2.45) is 5.10 Å². The van der Waals surface area contributed by atoms with Gasteiger partial charge < -0.3 is 9.52 Å². The van der Waals surface area contributed by atoms with Crippen molar-refractivity contribution in [1.82, 2.24) is 15.6 Å². The van der Waals surface area contributed by atoms with Gasteiger partial charge in [-0.15, -0.1) is 0 Å². The highest BCUT2D eigenvalue weighted by Crippen LogP contribution is 2.22. The highest BCUT2D eigenvalue weighted by Gasteiger charge is 2.09. The minimum Gasteiger partial charge on any atom is -0.478 e. The second-order valence-corrected chi connectivity index (χ2v) is 5.96. The summed E-state index contributed by atoms with van der Waals surface area (Å²) in [5.41, 5.74) is 4.55. The fourth-order valence-electron chi connectivity index (χ4n) is 2.69. The van der Waals surface area contributed by atoms with Crippen LogP contribution in [0.5, 0.6) is 0 Å². The van der Waals surface area contributed by atoms with E-state index < -0.39 is 5.97 Å². The quantitative estimate of drug-likeness (QED) is 0.366. The maximum atomic E-state index is 12.2. The minimum absolute atomic E-state index is 0.172. The van der Waals surface area contributed by atoms with Crippen LogP contribution in [0.3, 0.4) is 0 Å². The average molecular weight is 374 g/mol. The van der Waals surface area contributed by atoms with Gasteiger partial charge in [0.25, 0.3) is 5.91 Å². The standard InChI is InChI=1S/C20H14N4O4/c25-19(13-4-6-17-15(9-13)10-21-23-17)24-22-11-16-5-7-18(28-16)12-2-1-3-14(8-12)20(26)27/h1-11H,(H,21,23)(H,24,25)(H,26,27)/b22-11+. The Morgan fingerprint density at radius 2 is 2.00 bits per heavy atom. The van der Waals surface area contributed by atoms with Crippen LogP contribution in [0.4, 0.5) is 0 Å². The normalized spacial score (nSPS) is 11.1. The van der Waals surface area contributed by atoms with E-state index in [2.05, 4.69) is 20.7 Å². The van der Waals surface area contributed by atoms with E-state index in [4.69, 9.17) is 9.52 Å². The van der Waals surface area contributed by atoms with Crippen molar-refractivity contribution in [2.75, 3.05) is 0 Å². The number of aromatic carboxylic acids is 1. The summed E-state index contributed by atoms with van der Waals surface area (Å²) in [6, 6.07) is 15.0. The zero-order valence-corrected chi connectivity index (χ0v) is 14.4. The van der Waals surface area contributed by atoms with Gasteiger partial charge in [0.15, 0.2) is 0 Å². The highest BCUT2D eigenvalue weighted by atomic mass is 16.4. The predicted molar refractivity (Wildman–Crippen MR) is 102 cm³/mol.